The number of non-ortho nitro benzene ring substituents is 1. The van der Waals surface area contributed by atoms with Crippen LogP contribution in [0.2, 0.25) is 0 Å². The number of amides is 1. The normalized spacial score (nSPS) is 14.0. The van der Waals surface area contributed by atoms with E-state index >= 15 is 0 Å². The first-order valence-corrected chi connectivity index (χ1v) is 7.26. The number of nitro benzene ring substituents is 1. The van der Waals surface area contributed by atoms with Gasteiger partial charge in [-0.1, -0.05) is 12.1 Å². The Balaban J connectivity index is 2.72. The summed E-state index contributed by atoms with van der Waals surface area (Å²) in [6, 6.07) is 5.60. The van der Waals surface area contributed by atoms with Crippen LogP contribution in [0.15, 0.2) is 24.3 Å². The number of carbonyl (C=O) groups excluding carboxylic acids is 1. The van der Waals surface area contributed by atoms with Crippen LogP contribution in [0, 0.1) is 10.1 Å². The van der Waals surface area contributed by atoms with Crippen molar-refractivity contribution in [2.45, 2.75) is 44.2 Å². The van der Waals surface area contributed by atoms with Crippen molar-refractivity contribution in [1.82, 2.24) is 5.32 Å². The Morgan fingerprint density at radius 1 is 1.41 bits per heavy atom. The number of alkyl carbamates (subject to hydrolysis) is 1. The van der Waals surface area contributed by atoms with Gasteiger partial charge in [-0.3, -0.25) is 10.1 Å². The third kappa shape index (κ3) is 6.31. The molecule has 0 spiro atoms. The van der Waals surface area contributed by atoms with Crippen LogP contribution in [0.3, 0.4) is 0 Å². The first kappa shape index (κ1) is 18.2. The number of ether oxygens (including phenoxy) is 1. The molecule has 1 aromatic carbocycles. The van der Waals surface area contributed by atoms with E-state index in [0.717, 1.165) is 5.56 Å². The van der Waals surface area contributed by atoms with Crippen LogP contribution >= 0.6 is 12.6 Å². The van der Waals surface area contributed by atoms with E-state index in [2.05, 4.69) is 17.9 Å². The molecule has 0 aliphatic rings. The van der Waals surface area contributed by atoms with Gasteiger partial charge in [0.1, 0.15) is 5.60 Å². The van der Waals surface area contributed by atoms with Gasteiger partial charge in [0.2, 0.25) is 0 Å². The molecule has 1 aromatic rings. The van der Waals surface area contributed by atoms with Crippen molar-refractivity contribution in [1.29, 1.82) is 0 Å². The summed E-state index contributed by atoms with van der Waals surface area (Å²) in [6.45, 7) is 5.29. The SMILES string of the molecule is CC(C)(C)OC(=O)N[C@@H](Cc1ccc([N+](=O)[O-])cc1)[C@@H](N)S. The van der Waals surface area contributed by atoms with Gasteiger partial charge in [0, 0.05) is 12.1 Å². The lowest BCUT2D eigenvalue weighted by Crippen LogP contribution is -2.48. The molecule has 0 aromatic heterocycles. The highest BCUT2D eigenvalue weighted by atomic mass is 32.1. The molecule has 8 heteroatoms. The molecule has 3 N–H and O–H groups in total. The molecule has 0 aliphatic heterocycles. The molecule has 7 nitrogen and oxygen atoms in total. The minimum Gasteiger partial charge on any atom is -0.444 e. The van der Waals surface area contributed by atoms with E-state index in [9.17, 15) is 14.9 Å². The van der Waals surface area contributed by atoms with E-state index < -0.39 is 28.0 Å². The van der Waals surface area contributed by atoms with Crippen LogP contribution in [0.25, 0.3) is 0 Å². The van der Waals surface area contributed by atoms with Crippen LogP contribution in [-0.4, -0.2) is 28.0 Å². The molecule has 1 rings (SSSR count). The molecule has 1 amide bonds. The Morgan fingerprint density at radius 2 is 1.95 bits per heavy atom. The number of nitrogens with two attached hydrogens (primary N) is 1. The molecule has 2 atom stereocenters. The number of nitrogens with zero attached hydrogens (tertiary/aromatic N) is 1. The van der Waals surface area contributed by atoms with Gasteiger partial charge in [-0.05, 0) is 32.8 Å². The van der Waals surface area contributed by atoms with Crippen LogP contribution in [0.4, 0.5) is 10.5 Å². The highest BCUT2D eigenvalue weighted by molar-refractivity contribution is 7.80. The van der Waals surface area contributed by atoms with Crippen molar-refractivity contribution < 1.29 is 14.5 Å². The van der Waals surface area contributed by atoms with Gasteiger partial charge in [-0.25, -0.2) is 4.79 Å². The highest BCUT2D eigenvalue weighted by Gasteiger charge is 2.22. The van der Waals surface area contributed by atoms with Gasteiger partial charge >= 0.3 is 6.09 Å². The maximum atomic E-state index is 11.8. The fraction of sp³-hybridized carbons (Fsp3) is 0.500. The second-order valence-electron chi connectivity index (χ2n) is 5.87. The average Bonchev–Trinajstić information content (AvgIpc) is 2.36. The monoisotopic (exact) mass is 327 g/mol. The van der Waals surface area contributed by atoms with Crippen molar-refractivity contribution in [2.24, 2.45) is 5.73 Å². The van der Waals surface area contributed by atoms with Gasteiger partial charge in [-0.2, -0.15) is 12.6 Å². The number of nitrogens with one attached hydrogen (secondary N) is 1. The zero-order valence-electron chi connectivity index (χ0n) is 12.8. The molecule has 0 unspecified atom stereocenters. The molecular formula is C14H21N3O4S. The number of thiol groups is 1. The Bertz CT molecular complexity index is 526. The quantitative estimate of drug-likeness (QED) is 0.333. The van der Waals surface area contributed by atoms with Crippen molar-refractivity contribution in [3.8, 4) is 0 Å². The molecule has 22 heavy (non-hydrogen) atoms. The van der Waals surface area contributed by atoms with Crippen LogP contribution in [-0.2, 0) is 11.2 Å². The number of carbonyl (C=O) groups is 1. The summed E-state index contributed by atoms with van der Waals surface area (Å²) >= 11 is 4.16. The second-order valence-corrected chi connectivity index (χ2v) is 6.47. The van der Waals surface area contributed by atoms with E-state index in [1.807, 2.05) is 0 Å². The summed E-state index contributed by atoms with van der Waals surface area (Å²) in [6.07, 6.45) is -0.189. The largest absolute Gasteiger partial charge is 0.444 e. The third-order valence-electron chi connectivity index (χ3n) is 2.72. The fourth-order valence-corrected chi connectivity index (χ4v) is 1.90. The standard InChI is InChI=1S/C14H21N3O4S/c1-14(2,3)21-13(18)16-11(12(15)22)8-9-4-6-10(7-5-9)17(19)20/h4-7,11-12,22H,8,15H2,1-3H3,(H,16,18)/t11-,12-/m0/s1. The molecular weight excluding hydrogens is 306 g/mol. The number of hydrogen-bond donors (Lipinski definition) is 3. The van der Waals surface area contributed by atoms with Crippen LogP contribution < -0.4 is 11.1 Å². The van der Waals surface area contributed by atoms with Gasteiger partial charge < -0.3 is 15.8 Å². The van der Waals surface area contributed by atoms with Crippen molar-refractivity contribution in [2.75, 3.05) is 0 Å². The van der Waals surface area contributed by atoms with Crippen molar-refractivity contribution >= 4 is 24.4 Å². The third-order valence-corrected chi connectivity index (χ3v) is 3.08. The topological polar surface area (TPSA) is 107 Å². The number of hydrogen-bond acceptors (Lipinski definition) is 6. The lowest BCUT2D eigenvalue weighted by Gasteiger charge is -2.25. The number of nitro groups is 1. The molecule has 0 aliphatic carbocycles. The number of benzene rings is 1. The first-order chi connectivity index (χ1) is 10.1. The molecule has 0 saturated carbocycles. The summed E-state index contributed by atoms with van der Waals surface area (Å²) in [5.41, 5.74) is 5.96. The summed E-state index contributed by atoms with van der Waals surface area (Å²) in [5, 5.41) is 12.7. The Morgan fingerprint density at radius 3 is 2.36 bits per heavy atom. The zero-order valence-corrected chi connectivity index (χ0v) is 13.7. The van der Waals surface area contributed by atoms with E-state index in [4.69, 9.17) is 10.5 Å². The average molecular weight is 327 g/mol. The predicted octanol–water partition coefficient (Wildman–Crippen LogP) is 2.25. The van der Waals surface area contributed by atoms with Crippen LogP contribution in [0.1, 0.15) is 26.3 Å². The summed E-state index contributed by atoms with van der Waals surface area (Å²) < 4.78 is 5.18. The minimum atomic E-state index is -0.608. The maximum absolute atomic E-state index is 11.8. The van der Waals surface area contributed by atoms with E-state index in [1.165, 1.54) is 12.1 Å². The second kappa shape index (κ2) is 7.46. The Labute approximate surface area is 134 Å². The highest BCUT2D eigenvalue weighted by Crippen LogP contribution is 2.15. The molecule has 0 saturated heterocycles. The van der Waals surface area contributed by atoms with Crippen LogP contribution in [0.5, 0.6) is 0 Å². The molecule has 122 valence electrons. The summed E-state index contributed by atoms with van der Waals surface area (Å²) in [7, 11) is 0. The van der Waals surface area contributed by atoms with E-state index in [-0.39, 0.29) is 5.69 Å². The maximum Gasteiger partial charge on any atom is 0.407 e. The molecule has 0 fully saturated rings. The van der Waals surface area contributed by atoms with E-state index in [0.29, 0.717) is 6.42 Å². The van der Waals surface area contributed by atoms with Gasteiger partial charge in [-0.15, -0.1) is 0 Å². The fourth-order valence-electron chi connectivity index (χ4n) is 1.72. The zero-order chi connectivity index (χ0) is 16.9. The number of rotatable bonds is 5. The molecule has 0 radical (unpaired) electrons. The van der Waals surface area contributed by atoms with Gasteiger partial charge in [0.15, 0.2) is 0 Å². The lowest BCUT2D eigenvalue weighted by atomic mass is 10.1. The summed E-state index contributed by atoms with van der Waals surface area (Å²) in [5.74, 6) is 0. The lowest BCUT2D eigenvalue weighted by molar-refractivity contribution is -0.384. The smallest absolute Gasteiger partial charge is 0.407 e. The predicted molar refractivity (Wildman–Crippen MR) is 86.9 cm³/mol. The van der Waals surface area contributed by atoms with E-state index in [1.54, 1.807) is 32.9 Å². The van der Waals surface area contributed by atoms with Gasteiger partial charge in [0.05, 0.1) is 16.3 Å². The first-order valence-electron chi connectivity index (χ1n) is 6.75. The van der Waals surface area contributed by atoms with Gasteiger partial charge in [0.25, 0.3) is 5.69 Å². The van der Waals surface area contributed by atoms with Crippen molar-refractivity contribution in [3.05, 3.63) is 39.9 Å². The summed E-state index contributed by atoms with van der Waals surface area (Å²) in [4.78, 5) is 21.9. The van der Waals surface area contributed by atoms with Crippen molar-refractivity contribution in [3.63, 3.8) is 0 Å². The minimum absolute atomic E-state index is 0.00979. The Hall–Kier alpha value is -1.80. The molecule has 0 bridgehead atoms. The Kier molecular flexibility index (Phi) is 6.19. The molecule has 0 heterocycles.